The highest BCUT2D eigenvalue weighted by molar-refractivity contribution is 4.78. The van der Waals surface area contributed by atoms with Crippen LogP contribution in [-0.2, 0) is 0 Å². The number of rotatable bonds is 7. The maximum atomic E-state index is 10.2. The lowest BCUT2D eigenvalue weighted by Crippen LogP contribution is -2.27. The molecule has 0 bridgehead atoms. The number of aliphatic hydroxyl groups is 1. The summed E-state index contributed by atoms with van der Waals surface area (Å²) in [6.07, 6.45) is 11.6. The molecule has 0 aromatic rings. The zero-order valence-corrected chi connectivity index (χ0v) is 12.1. The Labute approximate surface area is 108 Å². The van der Waals surface area contributed by atoms with E-state index >= 15 is 0 Å². The normalized spacial score (nSPS) is 28.9. The third-order valence-corrected chi connectivity index (χ3v) is 4.74. The Balaban J connectivity index is 2.21. The topological polar surface area (TPSA) is 20.2 Å². The summed E-state index contributed by atoms with van der Waals surface area (Å²) in [5, 5.41) is 10.2. The van der Waals surface area contributed by atoms with Crippen molar-refractivity contribution in [2.24, 2.45) is 17.8 Å². The number of unbranched alkanes of at least 4 members (excludes halogenated alkanes) is 1. The summed E-state index contributed by atoms with van der Waals surface area (Å²) >= 11 is 0. The van der Waals surface area contributed by atoms with Gasteiger partial charge in [-0.3, -0.25) is 0 Å². The van der Waals surface area contributed by atoms with E-state index in [1.54, 1.807) is 0 Å². The standard InChI is InChI=1S/C16H32O/c1-4-6-7-14-8-10-15(11-9-14)16(17)12-13(3)5-2/h13-17H,4-12H2,1-3H3. The molecule has 2 unspecified atom stereocenters. The zero-order chi connectivity index (χ0) is 12.7. The summed E-state index contributed by atoms with van der Waals surface area (Å²) in [7, 11) is 0. The van der Waals surface area contributed by atoms with Gasteiger partial charge in [0.15, 0.2) is 0 Å². The lowest BCUT2D eigenvalue weighted by atomic mass is 9.76. The number of hydrogen-bond acceptors (Lipinski definition) is 1. The molecule has 1 aliphatic rings. The van der Waals surface area contributed by atoms with Gasteiger partial charge in [0.05, 0.1) is 6.10 Å². The van der Waals surface area contributed by atoms with E-state index in [1.165, 1.54) is 51.4 Å². The van der Waals surface area contributed by atoms with E-state index in [0.29, 0.717) is 11.8 Å². The van der Waals surface area contributed by atoms with E-state index in [4.69, 9.17) is 0 Å². The van der Waals surface area contributed by atoms with E-state index < -0.39 is 0 Å². The van der Waals surface area contributed by atoms with Crippen molar-refractivity contribution in [1.29, 1.82) is 0 Å². The molecule has 17 heavy (non-hydrogen) atoms. The average Bonchev–Trinajstić information content (AvgIpc) is 2.36. The van der Waals surface area contributed by atoms with Crippen molar-refractivity contribution in [3.05, 3.63) is 0 Å². The van der Waals surface area contributed by atoms with Gasteiger partial charge in [-0.25, -0.2) is 0 Å². The maximum absolute atomic E-state index is 10.2. The fourth-order valence-electron chi connectivity index (χ4n) is 3.13. The first-order valence-electron chi connectivity index (χ1n) is 7.85. The first-order valence-corrected chi connectivity index (χ1v) is 7.85. The summed E-state index contributed by atoms with van der Waals surface area (Å²) in [4.78, 5) is 0. The molecule has 2 atom stereocenters. The molecule has 0 aliphatic heterocycles. The van der Waals surface area contributed by atoms with E-state index in [9.17, 15) is 5.11 Å². The molecule has 1 aliphatic carbocycles. The van der Waals surface area contributed by atoms with Gasteiger partial charge >= 0.3 is 0 Å². The fourth-order valence-corrected chi connectivity index (χ4v) is 3.13. The largest absolute Gasteiger partial charge is 0.393 e. The first kappa shape index (κ1) is 15.0. The molecule has 1 N–H and O–H groups in total. The molecule has 0 aromatic heterocycles. The van der Waals surface area contributed by atoms with Crippen LogP contribution in [0.1, 0.15) is 78.6 Å². The van der Waals surface area contributed by atoms with Gasteiger partial charge in [-0.05, 0) is 37.0 Å². The zero-order valence-electron chi connectivity index (χ0n) is 12.1. The summed E-state index contributed by atoms with van der Waals surface area (Å²) in [6.45, 7) is 6.76. The Morgan fingerprint density at radius 2 is 1.76 bits per heavy atom. The molecular formula is C16H32O. The molecule has 0 heterocycles. The minimum absolute atomic E-state index is 0.0305. The van der Waals surface area contributed by atoms with Crippen LogP contribution in [0.25, 0.3) is 0 Å². The second kappa shape index (κ2) is 8.13. The van der Waals surface area contributed by atoms with Crippen LogP contribution in [0.2, 0.25) is 0 Å². The summed E-state index contributed by atoms with van der Waals surface area (Å²) < 4.78 is 0. The molecule has 0 spiro atoms. The Morgan fingerprint density at radius 3 is 2.29 bits per heavy atom. The van der Waals surface area contributed by atoms with E-state index in [0.717, 1.165) is 12.3 Å². The second-order valence-corrected chi connectivity index (χ2v) is 6.24. The molecule has 102 valence electrons. The Hall–Kier alpha value is -0.0400. The van der Waals surface area contributed by atoms with Crippen LogP contribution >= 0.6 is 0 Å². The molecule has 1 fully saturated rings. The van der Waals surface area contributed by atoms with E-state index in [2.05, 4.69) is 20.8 Å². The van der Waals surface area contributed by atoms with Crippen LogP contribution < -0.4 is 0 Å². The molecule has 0 amide bonds. The van der Waals surface area contributed by atoms with Gasteiger partial charge in [0.1, 0.15) is 0 Å². The maximum Gasteiger partial charge on any atom is 0.0570 e. The molecular weight excluding hydrogens is 208 g/mol. The van der Waals surface area contributed by atoms with Gasteiger partial charge in [0, 0.05) is 0 Å². The van der Waals surface area contributed by atoms with Gasteiger partial charge in [0.2, 0.25) is 0 Å². The molecule has 1 saturated carbocycles. The van der Waals surface area contributed by atoms with E-state index in [-0.39, 0.29) is 6.10 Å². The highest BCUT2D eigenvalue weighted by atomic mass is 16.3. The van der Waals surface area contributed by atoms with Crippen molar-refractivity contribution < 1.29 is 5.11 Å². The quantitative estimate of drug-likeness (QED) is 0.679. The molecule has 0 radical (unpaired) electrons. The summed E-state index contributed by atoms with van der Waals surface area (Å²) in [5.74, 6) is 2.24. The van der Waals surface area contributed by atoms with Crippen molar-refractivity contribution in [3.8, 4) is 0 Å². The molecule has 1 heteroatoms. The van der Waals surface area contributed by atoms with Gasteiger partial charge in [0.25, 0.3) is 0 Å². The highest BCUT2D eigenvalue weighted by Crippen LogP contribution is 2.35. The van der Waals surface area contributed by atoms with Crippen molar-refractivity contribution in [3.63, 3.8) is 0 Å². The van der Waals surface area contributed by atoms with Gasteiger partial charge < -0.3 is 5.11 Å². The Bertz CT molecular complexity index is 182. The lowest BCUT2D eigenvalue weighted by Gasteiger charge is -2.32. The summed E-state index contributed by atoms with van der Waals surface area (Å²) in [6, 6.07) is 0. The highest BCUT2D eigenvalue weighted by Gasteiger charge is 2.26. The van der Waals surface area contributed by atoms with Gasteiger partial charge in [-0.1, -0.05) is 59.3 Å². The van der Waals surface area contributed by atoms with Crippen molar-refractivity contribution in [2.75, 3.05) is 0 Å². The number of aliphatic hydroxyl groups excluding tert-OH is 1. The van der Waals surface area contributed by atoms with Crippen LogP contribution in [0.3, 0.4) is 0 Å². The number of hydrogen-bond donors (Lipinski definition) is 1. The van der Waals surface area contributed by atoms with Crippen LogP contribution in [0.4, 0.5) is 0 Å². The lowest BCUT2D eigenvalue weighted by molar-refractivity contribution is 0.0536. The molecule has 1 nitrogen and oxygen atoms in total. The first-order chi connectivity index (χ1) is 8.17. The Kier molecular flexibility index (Phi) is 7.18. The summed E-state index contributed by atoms with van der Waals surface area (Å²) in [5.41, 5.74) is 0. The van der Waals surface area contributed by atoms with Gasteiger partial charge in [-0.15, -0.1) is 0 Å². The molecule has 1 rings (SSSR count). The monoisotopic (exact) mass is 240 g/mol. The average molecular weight is 240 g/mol. The third-order valence-electron chi connectivity index (χ3n) is 4.74. The predicted molar refractivity (Wildman–Crippen MR) is 75.1 cm³/mol. The fraction of sp³-hybridized carbons (Fsp3) is 1.00. The van der Waals surface area contributed by atoms with Crippen LogP contribution in [0, 0.1) is 17.8 Å². The van der Waals surface area contributed by atoms with Crippen LogP contribution in [0.5, 0.6) is 0 Å². The van der Waals surface area contributed by atoms with Crippen LogP contribution in [-0.4, -0.2) is 11.2 Å². The molecule has 0 saturated heterocycles. The Morgan fingerprint density at radius 1 is 1.12 bits per heavy atom. The second-order valence-electron chi connectivity index (χ2n) is 6.24. The van der Waals surface area contributed by atoms with Crippen molar-refractivity contribution in [2.45, 2.75) is 84.7 Å². The van der Waals surface area contributed by atoms with Crippen molar-refractivity contribution >= 4 is 0 Å². The van der Waals surface area contributed by atoms with Crippen LogP contribution in [0.15, 0.2) is 0 Å². The predicted octanol–water partition coefficient (Wildman–Crippen LogP) is 4.78. The minimum atomic E-state index is -0.0305. The van der Waals surface area contributed by atoms with Gasteiger partial charge in [-0.2, -0.15) is 0 Å². The SMILES string of the molecule is CCCCC1CCC(C(O)CC(C)CC)CC1. The minimum Gasteiger partial charge on any atom is -0.393 e. The van der Waals surface area contributed by atoms with E-state index in [1.807, 2.05) is 0 Å². The molecule has 0 aromatic carbocycles. The third kappa shape index (κ3) is 5.42. The smallest absolute Gasteiger partial charge is 0.0570 e. The van der Waals surface area contributed by atoms with Crippen molar-refractivity contribution in [1.82, 2.24) is 0 Å².